The van der Waals surface area contributed by atoms with Crippen molar-refractivity contribution in [1.29, 1.82) is 0 Å². The van der Waals surface area contributed by atoms with E-state index >= 15 is 0 Å². The van der Waals surface area contributed by atoms with Gasteiger partial charge in [-0.2, -0.15) is 0 Å². The van der Waals surface area contributed by atoms with Gasteiger partial charge < -0.3 is 10.2 Å². The number of hydrogen-bond donors (Lipinski definition) is 1. The summed E-state index contributed by atoms with van der Waals surface area (Å²) in [5.74, 6) is 1.77. The molecular weight excluding hydrogens is 224 g/mol. The van der Waals surface area contributed by atoms with Gasteiger partial charge in [-0.1, -0.05) is 26.7 Å². The summed E-state index contributed by atoms with van der Waals surface area (Å²) in [6, 6.07) is 0.0583. The number of carbonyl (C=O) groups is 1. The lowest BCUT2D eigenvalue weighted by Gasteiger charge is -2.35. The number of carbonyl (C=O) groups excluding carboxylic acids is 1. The normalized spacial score (nSPS) is 25.8. The Morgan fingerprint density at radius 3 is 2.56 bits per heavy atom. The molecule has 3 nitrogen and oxygen atoms in total. The van der Waals surface area contributed by atoms with Gasteiger partial charge in [-0.25, -0.2) is 0 Å². The summed E-state index contributed by atoms with van der Waals surface area (Å²) in [7, 11) is 0. The van der Waals surface area contributed by atoms with Crippen LogP contribution in [0.5, 0.6) is 0 Å². The zero-order chi connectivity index (χ0) is 13.5. The topological polar surface area (TPSA) is 32.3 Å². The van der Waals surface area contributed by atoms with Crippen LogP contribution in [0.3, 0.4) is 0 Å². The highest BCUT2D eigenvalue weighted by molar-refractivity contribution is 5.82. The van der Waals surface area contributed by atoms with E-state index in [-0.39, 0.29) is 6.04 Å². The van der Waals surface area contributed by atoms with Crippen molar-refractivity contribution in [3.05, 3.63) is 0 Å². The molecule has 3 atom stereocenters. The van der Waals surface area contributed by atoms with Crippen LogP contribution in [0.2, 0.25) is 0 Å². The molecule has 1 rings (SSSR count). The van der Waals surface area contributed by atoms with Crippen molar-refractivity contribution in [2.45, 2.75) is 59.4 Å². The molecule has 0 bridgehead atoms. The molecule has 1 heterocycles. The van der Waals surface area contributed by atoms with E-state index in [1.807, 2.05) is 4.90 Å². The molecule has 0 spiro atoms. The standard InChI is InChI=1S/C15H30N2O/c1-5-8-12(4)13-9-10-16-14(11-13)15(18)17(6-2)7-3/h12-14,16H,5-11H2,1-4H3. The number of nitrogens with one attached hydrogen (secondary N) is 1. The number of hydrogen-bond acceptors (Lipinski definition) is 2. The van der Waals surface area contributed by atoms with Crippen molar-refractivity contribution in [2.24, 2.45) is 11.8 Å². The minimum atomic E-state index is 0.0583. The van der Waals surface area contributed by atoms with Crippen LogP contribution in [0, 0.1) is 11.8 Å². The zero-order valence-corrected chi connectivity index (χ0v) is 12.5. The lowest BCUT2D eigenvalue weighted by Crippen LogP contribution is -2.51. The first kappa shape index (κ1) is 15.5. The summed E-state index contributed by atoms with van der Waals surface area (Å²) in [6.45, 7) is 11.3. The molecule has 0 aromatic rings. The number of piperidine rings is 1. The van der Waals surface area contributed by atoms with Crippen molar-refractivity contribution in [1.82, 2.24) is 10.2 Å². The highest BCUT2D eigenvalue weighted by Gasteiger charge is 2.31. The minimum absolute atomic E-state index is 0.0583. The highest BCUT2D eigenvalue weighted by Crippen LogP contribution is 2.28. The van der Waals surface area contributed by atoms with Crippen molar-refractivity contribution < 1.29 is 4.79 Å². The summed E-state index contributed by atoms with van der Waals surface area (Å²) in [5.41, 5.74) is 0. The molecule has 1 amide bonds. The van der Waals surface area contributed by atoms with E-state index in [0.717, 1.165) is 37.9 Å². The molecule has 0 radical (unpaired) electrons. The van der Waals surface area contributed by atoms with E-state index in [1.165, 1.54) is 19.3 Å². The number of amides is 1. The molecule has 0 saturated carbocycles. The maximum absolute atomic E-state index is 12.3. The van der Waals surface area contributed by atoms with Crippen LogP contribution >= 0.6 is 0 Å². The van der Waals surface area contributed by atoms with Crippen molar-refractivity contribution >= 4 is 5.91 Å². The quantitative estimate of drug-likeness (QED) is 0.790. The molecule has 0 aromatic heterocycles. The Balaban J connectivity index is 2.55. The first-order valence-electron chi connectivity index (χ1n) is 7.66. The molecule has 1 fully saturated rings. The average molecular weight is 254 g/mol. The fraction of sp³-hybridized carbons (Fsp3) is 0.933. The van der Waals surface area contributed by atoms with E-state index in [4.69, 9.17) is 0 Å². The summed E-state index contributed by atoms with van der Waals surface area (Å²) >= 11 is 0. The number of nitrogens with zero attached hydrogens (tertiary/aromatic N) is 1. The second kappa shape index (κ2) is 7.78. The molecule has 3 unspecified atom stereocenters. The second-order valence-electron chi connectivity index (χ2n) is 5.57. The number of rotatable bonds is 6. The number of likely N-dealkylation sites (N-methyl/N-ethyl adjacent to an activating group) is 1. The van der Waals surface area contributed by atoms with Crippen LogP contribution in [0.15, 0.2) is 0 Å². The Labute approximate surface area is 112 Å². The molecule has 3 heteroatoms. The fourth-order valence-electron chi connectivity index (χ4n) is 3.10. The SMILES string of the molecule is CCCC(C)C1CCNC(C(=O)N(CC)CC)C1. The monoisotopic (exact) mass is 254 g/mol. The highest BCUT2D eigenvalue weighted by atomic mass is 16.2. The Morgan fingerprint density at radius 1 is 1.33 bits per heavy atom. The molecule has 0 aliphatic carbocycles. The summed E-state index contributed by atoms with van der Waals surface area (Å²) in [6.07, 6.45) is 4.79. The van der Waals surface area contributed by atoms with Crippen LogP contribution < -0.4 is 5.32 Å². The van der Waals surface area contributed by atoms with E-state index < -0.39 is 0 Å². The van der Waals surface area contributed by atoms with Crippen molar-refractivity contribution in [2.75, 3.05) is 19.6 Å². The van der Waals surface area contributed by atoms with Gasteiger partial charge in [0.15, 0.2) is 0 Å². The third-order valence-electron chi connectivity index (χ3n) is 4.37. The van der Waals surface area contributed by atoms with Crippen LogP contribution in [-0.4, -0.2) is 36.5 Å². The second-order valence-corrected chi connectivity index (χ2v) is 5.57. The largest absolute Gasteiger partial charge is 0.342 e. The Bertz CT molecular complexity index is 251. The Morgan fingerprint density at radius 2 is 2.00 bits per heavy atom. The van der Waals surface area contributed by atoms with Gasteiger partial charge >= 0.3 is 0 Å². The zero-order valence-electron chi connectivity index (χ0n) is 12.5. The van der Waals surface area contributed by atoms with Gasteiger partial charge in [0.1, 0.15) is 0 Å². The molecule has 1 aliphatic heterocycles. The fourth-order valence-corrected chi connectivity index (χ4v) is 3.10. The predicted molar refractivity (Wildman–Crippen MR) is 76.5 cm³/mol. The smallest absolute Gasteiger partial charge is 0.239 e. The molecule has 106 valence electrons. The van der Waals surface area contributed by atoms with Gasteiger partial charge in [0.2, 0.25) is 5.91 Å². The van der Waals surface area contributed by atoms with Gasteiger partial charge in [-0.3, -0.25) is 4.79 Å². The van der Waals surface area contributed by atoms with E-state index in [2.05, 4.69) is 33.0 Å². The van der Waals surface area contributed by atoms with E-state index in [9.17, 15) is 4.79 Å². The molecule has 0 aromatic carbocycles. The molecule has 1 N–H and O–H groups in total. The third kappa shape index (κ3) is 3.98. The van der Waals surface area contributed by atoms with Gasteiger partial charge in [0.25, 0.3) is 0 Å². The van der Waals surface area contributed by atoms with Crippen molar-refractivity contribution in [3.63, 3.8) is 0 Å². The van der Waals surface area contributed by atoms with Gasteiger partial charge in [-0.15, -0.1) is 0 Å². The molecule has 1 aliphatic rings. The van der Waals surface area contributed by atoms with E-state index in [0.29, 0.717) is 5.91 Å². The van der Waals surface area contributed by atoms with Crippen LogP contribution in [0.4, 0.5) is 0 Å². The Kier molecular flexibility index (Phi) is 6.69. The van der Waals surface area contributed by atoms with Gasteiger partial charge in [0, 0.05) is 13.1 Å². The lowest BCUT2D eigenvalue weighted by molar-refractivity contribution is -0.134. The van der Waals surface area contributed by atoms with Gasteiger partial charge in [0.05, 0.1) is 6.04 Å². The third-order valence-corrected chi connectivity index (χ3v) is 4.37. The summed E-state index contributed by atoms with van der Waals surface area (Å²) in [5, 5.41) is 3.40. The summed E-state index contributed by atoms with van der Waals surface area (Å²) in [4.78, 5) is 14.3. The average Bonchev–Trinajstić information content (AvgIpc) is 2.40. The predicted octanol–water partition coefficient (Wildman–Crippen LogP) is 2.66. The van der Waals surface area contributed by atoms with Crippen LogP contribution in [0.25, 0.3) is 0 Å². The van der Waals surface area contributed by atoms with E-state index in [1.54, 1.807) is 0 Å². The maximum Gasteiger partial charge on any atom is 0.239 e. The van der Waals surface area contributed by atoms with Crippen LogP contribution in [-0.2, 0) is 4.79 Å². The lowest BCUT2D eigenvalue weighted by atomic mass is 9.80. The first-order valence-corrected chi connectivity index (χ1v) is 7.66. The van der Waals surface area contributed by atoms with Crippen molar-refractivity contribution in [3.8, 4) is 0 Å². The molecule has 18 heavy (non-hydrogen) atoms. The maximum atomic E-state index is 12.3. The molecular formula is C15H30N2O. The van der Waals surface area contributed by atoms with Gasteiger partial charge in [-0.05, 0) is 45.1 Å². The van der Waals surface area contributed by atoms with Crippen LogP contribution in [0.1, 0.15) is 53.4 Å². The summed E-state index contributed by atoms with van der Waals surface area (Å²) < 4.78 is 0. The first-order chi connectivity index (χ1) is 8.63. The molecule has 1 saturated heterocycles. The minimum Gasteiger partial charge on any atom is -0.342 e. The Hall–Kier alpha value is -0.570.